The van der Waals surface area contributed by atoms with E-state index < -0.39 is 22.0 Å². The molecule has 8 heteroatoms. The highest BCUT2D eigenvalue weighted by Gasteiger charge is 2.41. The predicted molar refractivity (Wildman–Crippen MR) is 94.3 cm³/mol. The number of hydrogen-bond donors (Lipinski definition) is 0. The number of rotatable bonds is 5. The summed E-state index contributed by atoms with van der Waals surface area (Å²) in [5, 5.41) is 1.87. The lowest BCUT2D eigenvalue weighted by Gasteiger charge is -2.32. The molecule has 0 N–H and O–H groups in total. The first-order valence-electron chi connectivity index (χ1n) is 7.87. The molecule has 0 spiro atoms. The van der Waals surface area contributed by atoms with Gasteiger partial charge in [-0.3, -0.25) is 0 Å². The normalized spacial score (nSPS) is 17.8. The standard InChI is InChI=1S/C17H19NO5S2/c1-3-23-12-4-6-13(7-5-12)25(20,21)18-10-8-15-14(9-11-24-15)16(18)17(19)22-2/h4-7,9,11,16H,3,8,10H2,1-2H3. The average molecular weight is 381 g/mol. The molecule has 1 aromatic heterocycles. The van der Waals surface area contributed by atoms with Crippen molar-refractivity contribution in [2.75, 3.05) is 20.3 Å². The fourth-order valence-corrected chi connectivity index (χ4v) is 5.38. The molecule has 2 heterocycles. The molecule has 25 heavy (non-hydrogen) atoms. The monoisotopic (exact) mass is 381 g/mol. The summed E-state index contributed by atoms with van der Waals surface area (Å²) in [4.78, 5) is 13.5. The fraction of sp³-hybridized carbons (Fsp3) is 0.353. The van der Waals surface area contributed by atoms with Gasteiger partial charge in [-0.15, -0.1) is 11.3 Å². The quantitative estimate of drug-likeness (QED) is 0.745. The first kappa shape index (κ1) is 17.9. The number of hydrogen-bond acceptors (Lipinski definition) is 6. The number of carbonyl (C=O) groups is 1. The molecule has 0 radical (unpaired) electrons. The molecule has 134 valence electrons. The van der Waals surface area contributed by atoms with E-state index in [-0.39, 0.29) is 11.4 Å². The van der Waals surface area contributed by atoms with E-state index in [2.05, 4.69) is 0 Å². The third kappa shape index (κ3) is 3.29. The third-order valence-corrected chi connectivity index (χ3v) is 6.96. The maximum atomic E-state index is 13.1. The average Bonchev–Trinajstić information content (AvgIpc) is 3.09. The molecule has 1 aliphatic heterocycles. The van der Waals surface area contributed by atoms with Gasteiger partial charge in [-0.2, -0.15) is 4.31 Å². The molecule has 1 aliphatic rings. The van der Waals surface area contributed by atoms with E-state index in [0.717, 1.165) is 4.88 Å². The van der Waals surface area contributed by atoms with Crippen LogP contribution >= 0.6 is 11.3 Å². The Hall–Kier alpha value is -1.90. The molecule has 0 bridgehead atoms. The number of ether oxygens (including phenoxy) is 2. The summed E-state index contributed by atoms with van der Waals surface area (Å²) < 4.78 is 37.6. The first-order chi connectivity index (χ1) is 12.0. The molecule has 3 rings (SSSR count). The zero-order chi connectivity index (χ0) is 18.0. The maximum Gasteiger partial charge on any atom is 0.328 e. The lowest BCUT2D eigenvalue weighted by atomic mass is 10.0. The Labute approximate surface area is 151 Å². The van der Waals surface area contributed by atoms with Gasteiger partial charge in [0.25, 0.3) is 0 Å². The number of nitrogens with zero attached hydrogens (tertiary/aromatic N) is 1. The second-order valence-corrected chi connectivity index (χ2v) is 8.39. The van der Waals surface area contributed by atoms with Gasteiger partial charge in [-0.25, -0.2) is 13.2 Å². The molecule has 0 fully saturated rings. The zero-order valence-corrected chi connectivity index (χ0v) is 15.6. The SMILES string of the molecule is CCOc1ccc(S(=O)(=O)N2CCc3sccc3C2C(=O)OC)cc1. The van der Waals surface area contributed by atoms with Crippen molar-refractivity contribution >= 4 is 27.3 Å². The van der Waals surface area contributed by atoms with Crippen molar-refractivity contribution < 1.29 is 22.7 Å². The predicted octanol–water partition coefficient (Wildman–Crippen LogP) is 2.61. The highest BCUT2D eigenvalue weighted by atomic mass is 32.2. The van der Waals surface area contributed by atoms with Gasteiger partial charge in [-0.05, 0) is 54.6 Å². The molecule has 0 saturated heterocycles. The van der Waals surface area contributed by atoms with Crippen molar-refractivity contribution in [3.63, 3.8) is 0 Å². The Morgan fingerprint density at radius 2 is 2.00 bits per heavy atom. The minimum atomic E-state index is -3.84. The number of thiophene rings is 1. The topological polar surface area (TPSA) is 72.9 Å². The third-order valence-electron chi connectivity index (χ3n) is 4.09. The van der Waals surface area contributed by atoms with Gasteiger partial charge in [0.05, 0.1) is 18.6 Å². The van der Waals surface area contributed by atoms with Crippen LogP contribution in [0.1, 0.15) is 23.4 Å². The van der Waals surface area contributed by atoms with E-state index in [9.17, 15) is 13.2 Å². The van der Waals surface area contributed by atoms with E-state index in [1.54, 1.807) is 18.2 Å². The summed E-state index contributed by atoms with van der Waals surface area (Å²) in [7, 11) is -2.57. The summed E-state index contributed by atoms with van der Waals surface area (Å²) in [6.07, 6.45) is 0.580. The van der Waals surface area contributed by atoms with Gasteiger partial charge in [0.1, 0.15) is 11.8 Å². The van der Waals surface area contributed by atoms with Crippen LogP contribution in [0.15, 0.2) is 40.6 Å². The van der Waals surface area contributed by atoms with Crippen LogP contribution in [0.25, 0.3) is 0 Å². The number of fused-ring (bicyclic) bond motifs is 1. The maximum absolute atomic E-state index is 13.1. The van der Waals surface area contributed by atoms with Crippen LogP contribution in [0, 0.1) is 0 Å². The van der Waals surface area contributed by atoms with Crippen molar-refractivity contribution in [3.05, 3.63) is 46.2 Å². The van der Waals surface area contributed by atoms with Crippen LogP contribution < -0.4 is 4.74 Å². The Bertz CT molecular complexity index is 857. The van der Waals surface area contributed by atoms with Crippen LogP contribution in [0.3, 0.4) is 0 Å². The summed E-state index contributed by atoms with van der Waals surface area (Å²) in [6, 6.07) is 7.07. The van der Waals surface area contributed by atoms with Gasteiger partial charge in [0.2, 0.25) is 10.0 Å². The van der Waals surface area contributed by atoms with Crippen molar-refractivity contribution in [1.29, 1.82) is 0 Å². The molecule has 2 aromatic rings. The summed E-state index contributed by atoms with van der Waals surface area (Å²) in [5.74, 6) is 0.0265. The highest BCUT2D eigenvalue weighted by Crippen LogP contribution is 2.37. The zero-order valence-electron chi connectivity index (χ0n) is 14.0. The van der Waals surface area contributed by atoms with Gasteiger partial charge in [0, 0.05) is 11.4 Å². The van der Waals surface area contributed by atoms with Crippen molar-refractivity contribution in [3.8, 4) is 5.75 Å². The molecule has 1 unspecified atom stereocenters. The lowest BCUT2D eigenvalue weighted by molar-refractivity contribution is -0.145. The van der Waals surface area contributed by atoms with E-state index >= 15 is 0 Å². The van der Waals surface area contributed by atoms with E-state index in [0.29, 0.717) is 24.3 Å². The molecule has 1 atom stereocenters. The number of methoxy groups -OCH3 is 1. The number of sulfonamides is 1. The van der Waals surface area contributed by atoms with Crippen LogP contribution in [-0.2, 0) is 26.0 Å². The Morgan fingerprint density at radius 3 is 2.64 bits per heavy atom. The Kier molecular flexibility index (Phi) is 5.12. The van der Waals surface area contributed by atoms with Gasteiger partial charge in [-0.1, -0.05) is 0 Å². The molecule has 0 aliphatic carbocycles. The smallest absolute Gasteiger partial charge is 0.328 e. The van der Waals surface area contributed by atoms with Crippen LogP contribution in [0.5, 0.6) is 5.75 Å². The second-order valence-electron chi connectivity index (χ2n) is 5.49. The lowest BCUT2D eigenvalue weighted by Crippen LogP contribution is -2.43. The molecule has 1 aromatic carbocycles. The van der Waals surface area contributed by atoms with Crippen molar-refractivity contribution in [1.82, 2.24) is 4.31 Å². The second kappa shape index (κ2) is 7.15. The minimum Gasteiger partial charge on any atom is -0.494 e. The van der Waals surface area contributed by atoms with Gasteiger partial charge >= 0.3 is 5.97 Å². The van der Waals surface area contributed by atoms with Crippen LogP contribution in [0.2, 0.25) is 0 Å². The molecule has 6 nitrogen and oxygen atoms in total. The van der Waals surface area contributed by atoms with Gasteiger partial charge < -0.3 is 9.47 Å². The van der Waals surface area contributed by atoms with Crippen LogP contribution in [0.4, 0.5) is 0 Å². The van der Waals surface area contributed by atoms with Crippen molar-refractivity contribution in [2.45, 2.75) is 24.3 Å². The van der Waals surface area contributed by atoms with Crippen LogP contribution in [-0.4, -0.2) is 39.0 Å². The largest absolute Gasteiger partial charge is 0.494 e. The summed E-state index contributed by atoms with van der Waals surface area (Å²) in [6.45, 7) is 2.60. The molecular formula is C17H19NO5S2. The molecule has 0 saturated carbocycles. The van der Waals surface area contributed by atoms with E-state index in [4.69, 9.17) is 9.47 Å². The molecular weight excluding hydrogens is 362 g/mol. The van der Waals surface area contributed by atoms with Crippen molar-refractivity contribution in [2.24, 2.45) is 0 Å². The van der Waals surface area contributed by atoms with E-state index in [1.807, 2.05) is 12.3 Å². The molecule has 0 amide bonds. The first-order valence-corrected chi connectivity index (χ1v) is 10.2. The Morgan fingerprint density at radius 1 is 1.28 bits per heavy atom. The summed E-state index contributed by atoms with van der Waals surface area (Å²) in [5.41, 5.74) is 0.706. The fourth-order valence-electron chi connectivity index (χ4n) is 2.92. The number of carbonyl (C=O) groups excluding carboxylic acids is 1. The number of esters is 1. The number of benzene rings is 1. The van der Waals surface area contributed by atoms with Gasteiger partial charge in [0.15, 0.2) is 0 Å². The summed E-state index contributed by atoms with van der Waals surface area (Å²) >= 11 is 1.53. The Balaban J connectivity index is 1.99. The highest BCUT2D eigenvalue weighted by molar-refractivity contribution is 7.89. The minimum absolute atomic E-state index is 0.128. The van der Waals surface area contributed by atoms with E-state index in [1.165, 1.54) is 34.9 Å².